The molecule has 0 radical (unpaired) electrons. The molecule has 1 atom stereocenters. The number of nitrogens with one attached hydrogen (secondary N) is 1. The quantitative estimate of drug-likeness (QED) is 0.646. The van der Waals surface area contributed by atoms with E-state index >= 15 is 0 Å². The summed E-state index contributed by atoms with van der Waals surface area (Å²) in [5.74, 6) is -0.361. The van der Waals surface area contributed by atoms with Crippen LogP contribution >= 0.6 is 0 Å². The van der Waals surface area contributed by atoms with Crippen LogP contribution in [0.15, 0.2) is 36.4 Å². The van der Waals surface area contributed by atoms with Crippen LogP contribution in [0.4, 0.5) is 5.69 Å². The van der Waals surface area contributed by atoms with Gasteiger partial charge in [0.2, 0.25) is 0 Å². The first-order chi connectivity index (χ1) is 10.2. The molecule has 0 unspecified atom stereocenters. The van der Waals surface area contributed by atoms with Gasteiger partial charge in [-0.1, -0.05) is 31.2 Å². The number of esters is 1. The highest BCUT2D eigenvalue weighted by atomic mass is 16.5. The standard InChI is InChI=1S/C17H21NO3/c1-2-13-7-9-15(10-8-13)18-16(19)12-21-17(20)11-14-5-3-4-6-14/h3,5,7-10,14H,2,4,6,11-12H2,1H3,(H,18,19)/t14-/m1/s1. The van der Waals surface area contributed by atoms with Crippen LogP contribution in [-0.2, 0) is 20.7 Å². The summed E-state index contributed by atoms with van der Waals surface area (Å²) in [6, 6.07) is 7.63. The maximum atomic E-state index is 11.7. The summed E-state index contributed by atoms with van der Waals surface area (Å²) in [4.78, 5) is 23.3. The maximum Gasteiger partial charge on any atom is 0.306 e. The molecular formula is C17H21NO3. The number of ether oxygens (including phenoxy) is 1. The van der Waals surface area contributed by atoms with E-state index in [1.165, 1.54) is 5.56 Å². The van der Waals surface area contributed by atoms with Crippen LogP contribution in [0.25, 0.3) is 0 Å². The molecule has 1 amide bonds. The number of carbonyl (C=O) groups excluding carboxylic acids is 2. The van der Waals surface area contributed by atoms with Crippen LogP contribution in [-0.4, -0.2) is 18.5 Å². The van der Waals surface area contributed by atoms with E-state index in [0.717, 1.165) is 19.3 Å². The fourth-order valence-corrected chi connectivity index (χ4v) is 2.31. The van der Waals surface area contributed by atoms with E-state index in [1.54, 1.807) is 0 Å². The number of anilines is 1. The lowest BCUT2D eigenvalue weighted by molar-refractivity contribution is -0.147. The molecule has 0 saturated heterocycles. The number of hydrogen-bond donors (Lipinski definition) is 1. The summed E-state index contributed by atoms with van der Waals surface area (Å²) in [6.45, 7) is 1.84. The molecule has 0 bridgehead atoms. The highest BCUT2D eigenvalue weighted by Crippen LogP contribution is 2.20. The molecule has 0 saturated carbocycles. The van der Waals surface area contributed by atoms with Gasteiger partial charge in [0.05, 0.1) is 6.42 Å². The molecule has 0 fully saturated rings. The number of hydrogen-bond acceptors (Lipinski definition) is 3. The molecule has 1 aliphatic rings. The molecule has 0 aromatic heterocycles. The highest BCUT2D eigenvalue weighted by molar-refractivity contribution is 5.92. The van der Waals surface area contributed by atoms with E-state index in [-0.39, 0.29) is 24.4 Å². The minimum atomic E-state index is -0.317. The summed E-state index contributed by atoms with van der Waals surface area (Å²) in [6.07, 6.45) is 7.44. The van der Waals surface area contributed by atoms with Gasteiger partial charge in [0.25, 0.3) is 5.91 Å². The smallest absolute Gasteiger partial charge is 0.306 e. The first-order valence-electron chi connectivity index (χ1n) is 7.38. The van der Waals surface area contributed by atoms with Crippen LogP contribution in [0.5, 0.6) is 0 Å². The second-order valence-electron chi connectivity index (χ2n) is 5.23. The fourth-order valence-electron chi connectivity index (χ4n) is 2.31. The third-order valence-electron chi connectivity index (χ3n) is 3.55. The minimum Gasteiger partial charge on any atom is -0.456 e. The topological polar surface area (TPSA) is 55.4 Å². The molecule has 0 spiro atoms. The molecule has 4 nitrogen and oxygen atoms in total. The van der Waals surface area contributed by atoms with Crippen molar-refractivity contribution in [3.05, 3.63) is 42.0 Å². The second kappa shape index (κ2) is 7.62. The average Bonchev–Trinajstić information content (AvgIpc) is 2.99. The molecule has 1 aromatic rings. The van der Waals surface area contributed by atoms with Crippen LogP contribution in [0, 0.1) is 5.92 Å². The van der Waals surface area contributed by atoms with Crippen molar-refractivity contribution in [3.63, 3.8) is 0 Å². The van der Waals surface area contributed by atoms with Crippen molar-refractivity contribution in [1.82, 2.24) is 0 Å². The number of carbonyl (C=O) groups is 2. The Bertz CT molecular complexity index is 519. The number of benzene rings is 1. The van der Waals surface area contributed by atoms with Crippen molar-refractivity contribution < 1.29 is 14.3 Å². The SMILES string of the molecule is CCc1ccc(NC(=O)COC(=O)C[C@@H]2C=CCC2)cc1. The lowest BCUT2D eigenvalue weighted by Crippen LogP contribution is -2.21. The number of aryl methyl sites for hydroxylation is 1. The van der Waals surface area contributed by atoms with Gasteiger partial charge < -0.3 is 10.1 Å². The van der Waals surface area contributed by atoms with Gasteiger partial charge >= 0.3 is 5.97 Å². The minimum absolute atomic E-state index is 0.231. The van der Waals surface area contributed by atoms with Crippen molar-refractivity contribution in [2.24, 2.45) is 5.92 Å². The molecule has 1 N–H and O–H groups in total. The first kappa shape index (κ1) is 15.3. The second-order valence-corrected chi connectivity index (χ2v) is 5.23. The van der Waals surface area contributed by atoms with Gasteiger partial charge in [0.15, 0.2) is 6.61 Å². The van der Waals surface area contributed by atoms with Gasteiger partial charge in [0, 0.05) is 5.69 Å². The Morgan fingerprint density at radius 2 is 2.05 bits per heavy atom. The Labute approximate surface area is 125 Å². The van der Waals surface area contributed by atoms with Gasteiger partial charge in [-0.15, -0.1) is 0 Å². The van der Waals surface area contributed by atoms with Gasteiger partial charge in [-0.05, 0) is 42.9 Å². The van der Waals surface area contributed by atoms with Crippen molar-refractivity contribution in [2.45, 2.75) is 32.6 Å². The maximum absolute atomic E-state index is 11.7. The number of rotatable bonds is 6. The Morgan fingerprint density at radius 3 is 2.67 bits per heavy atom. The first-order valence-corrected chi connectivity index (χ1v) is 7.38. The van der Waals surface area contributed by atoms with Gasteiger partial charge in [0.1, 0.15) is 0 Å². The van der Waals surface area contributed by atoms with Crippen LogP contribution in [0.3, 0.4) is 0 Å². The molecule has 0 aliphatic heterocycles. The average molecular weight is 287 g/mol. The monoisotopic (exact) mass is 287 g/mol. The Morgan fingerprint density at radius 1 is 1.29 bits per heavy atom. The highest BCUT2D eigenvalue weighted by Gasteiger charge is 2.15. The zero-order valence-electron chi connectivity index (χ0n) is 12.3. The van der Waals surface area contributed by atoms with E-state index < -0.39 is 0 Å². The third-order valence-corrected chi connectivity index (χ3v) is 3.55. The Kier molecular flexibility index (Phi) is 5.55. The van der Waals surface area contributed by atoms with Crippen molar-refractivity contribution in [1.29, 1.82) is 0 Å². The van der Waals surface area contributed by atoms with Crippen LogP contribution in [0.2, 0.25) is 0 Å². The molecule has 1 aromatic carbocycles. The predicted molar refractivity (Wildman–Crippen MR) is 81.9 cm³/mol. The Hall–Kier alpha value is -2.10. The van der Waals surface area contributed by atoms with E-state index in [2.05, 4.69) is 18.3 Å². The molecule has 2 rings (SSSR count). The largest absolute Gasteiger partial charge is 0.456 e. The van der Waals surface area contributed by atoms with E-state index in [9.17, 15) is 9.59 Å². The van der Waals surface area contributed by atoms with Gasteiger partial charge in [-0.25, -0.2) is 0 Å². The lowest BCUT2D eigenvalue weighted by atomic mass is 10.1. The van der Waals surface area contributed by atoms with E-state index in [4.69, 9.17) is 4.74 Å². The molecule has 1 aliphatic carbocycles. The lowest BCUT2D eigenvalue weighted by Gasteiger charge is -2.09. The summed E-state index contributed by atoms with van der Waals surface area (Å²) in [5, 5.41) is 2.71. The van der Waals surface area contributed by atoms with E-state index in [0.29, 0.717) is 12.1 Å². The van der Waals surface area contributed by atoms with E-state index in [1.807, 2.05) is 30.3 Å². The zero-order valence-corrected chi connectivity index (χ0v) is 12.3. The van der Waals surface area contributed by atoms with Gasteiger partial charge in [-0.2, -0.15) is 0 Å². The summed E-state index contributed by atoms with van der Waals surface area (Å²) >= 11 is 0. The molecule has 4 heteroatoms. The number of allylic oxidation sites excluding steroid dienone is 2. The fraction of sp³-hybridized carbons (Fsp3) is 0.412. The predicted octanol–water partition coefficient (Wildman–Crippen LogP) is 3.09. The summed E-state index contributed by atoms with van der Waals surface area (Å²) in [5.41, 5.74) is 1.93. The number of amides is 1. The van der Waals surface area contributed by atoms with Crippen molar-refractivity contribution in [3.8, 4) is 0 Å². The molecule has 112 valence electrons. The molecule has 21 heavy (non-hydrogen) atoms. The van der Waals surface area contributed by atoms with Crippen LogP contribution in [0.1, 0.15) is 31.7 Å². The van der Waals surface area contributed by atoms with Gasteiger partial charge in [-0.3, -0.25) is 9.59 Å². The summed E-state index contributed by atoms with van der Waals surface area (Å²) < 4.78 is 5.00. The van der Waals surface area contributed by atoms with Crippen molar-refractivity contribution >= 4 is 17.6 Å². The molecule has 0 heterocycles. The third kappa shape index (κ3) is 5.06. The van der Waals surface area contributed by atoms with Crippen molar-refractivity contribution in [2.75, 3.05) is 11.9 Å². The van der Waals surface area contributed by atoms with Crippen LogP contribution < -0.4 is 5.32 Å². The normalized spacial score (nSPS) is 16.7. The molecular weight excluding hydrogens is 266 g/mol. The zero-order chi connectivity index (χ0) is 15.1. The summed E-state index contributed by atoms with van der Waals surface area (Å²) in [7, 11) is 0. The Balaban J connectivity index is 1.71.